The summed E-state index contributed by atoms with van der Waals surface area (Å²) in [5.74, 6) is 0.940. The summed E-state index contributed by atoms with van der Waals surface area (Å²) in [6, 6.07) is 0. The minimum Gasteiger partial charge on any atom is -0.464 e. The number of epoxide rings is 1. The maximum Gasteiger partial charge on any atom is 0.341 e. The number of carbonyl (C=O) groups is 1. The van der Waals surface area contributed by atoms with Crippen LogP contribution in [0.5, 0.6) is 0 Å². The lowest BCUT2D eigenvalue weighted by Crippen LogP contribution is -2.43. The summed E-state index contributed by atoms with van der Waals surface area (Å²) in [4.78, 5) is 12.4. The van der Waals surface area contributed by atoms with Crippen molar-refractivity contribution >= 4 is 5.97 Å². The third-order valence-corrected chi connectivity index (χ3v) is 4.92. The van der Waals surface area contributed by atoms with E-state index in [9.17, 15) is 4.79 Å². The molecule has 0 aromatic heterocycles. The number of rotatable bonds is 5. The van der Waals surface area contributed by atoms with Crippen molar-refractivity contribution in [1.82, 2.24) is 0 Å². The molecule has 1 saturated heterocycles. The van der Waals surface area contributed by atoms with E-state index in [0.29, 0.717) is 18.4 Å². The highest BCUT2D eigenvalue weighted by molar-refractivity contribution is 5.85. The highest BCUT2D eigenvalue weighted by Gasteiger charge is 2.77. The summed E-state index contributed by atoms with van der Waals surface area (Å²) in [5, 5.41) is 0. The van der Waals surface area contributed by atoms with Crippen LogP contribution in [0.2, 0.25) is 0 Å². The van der Waals surface area contributed by atoms with E-state index in [2.05, 4.69) is 20.8 Å². The van der Waals surface area contributed by atoms with Gasteiger partial charge in [-0.3, -0.25) is 0 Å². The van der Waals surface area contributed by atoms with E-state index in [1.54, 1.807) is 0 Å². The van der Waals surface area contributed by atoms with Gasteiger partial charge in [-0.05, 0) is 38.0 Å². The molecular formula is C16H28O3. The highest BCUT2D eigenvalue weighted by atomic mass is 16.7. The molecule has 0 aromatic rings. The minimum absolute atomic E-state index is 0.121. The summed E-state index contributed by atoms with van der Waals surface area (Å²) >= 11 is 0. The molecule has 3 nitrogen and oxygen atoms in total. The predicted molar refractivity (Wildman–Crippen MR) is 74.9 cm³/mol. The number of ether oxygens (including phenoxy) is 2. The van der Waals surface area contributed by atoms with Crippen LogP contribution in [0.4, 0.5) is 0 Å². The molecule has 0 bridgehead atoms. The van der Waals surface area contributed by atoms with Gasteiger partial charge in [0.15, 0.2) is 5.60 Å². The first kappa shape index (κ1) is 14.8. The average molecular weight is 268 g/mol. The van der Waals surface area contributed by atoms with Crippen LogP contribution in [0.3, 0.4) is 0 Å². The van der Waals surface area contributed by atoms with Gasteiger partial charge in [0.1, 0.15) is 5.60 Å². The molecule has 110 valence electrons. The molecule has 3 unspecified atom stereocenters. The molecule has 3 atom stereocenters. The van der Waals surface area contributed by atoms with E-state index in [1.165, 1.54) is 19.3 Å². The maximum absolute atomic E-state index is 12.4. The lowest BCUT2D eigenvalue weighted by atomic mass is 9.67. The van der Waals surface area contributed by atoms with Crippen LogP contribution in [0, 0.1) is 11.8 Å². The fourth-order valence-corrected chi connectivity index (χ4v) is 4.13. The molecule has 2 rings (SSSR count). The van der Waals surface area contributed by atoms with E-state index in [-0.39, 0.29) is 11.6 Å². The number of carbonyl (C=O) groups excluding carboxylic acids is 1. The highest BCUT2D eigenvalue weighted by Crippen LogP contribution is 2.63. The Morgan fingerprint density at radius 1 is 1.37 bits per heavy atom. The minimum atomic E-state index is -0.632. The van der Waals surface area contributed by atoms with Gasteiger partial charge in [0.25, 0.3) is 0 Å². The first-order valence-electron chi connectivity index (χ1n) is 7.91. The smallest absolute Gasteiger partial charge is 0.341 e. The first-order valence-corrected chi connectivity index (χ1v) is 7.91. The fraction of sp³-hybridized carbons (Fsp3) is 0.938. The van der Waals surface area contributed by atoms with Crippen molar-refractivity contribution in [3.8, 4) is 0 Å². The standard InChI is InChI=1S/C16H28O3/c1-5-10-16(14(17)18-6-2)15(19-16)11-8-7-9-13(15)12(3)4/h12-13H,5-11H2,1-4H3. The van der Waals surface area contributed by atoms with Crippen LogP contribution < -0.4 is 0 Å². The van der Waals surface area contributed by atoms with Gasteiger partial charge < -0.3 is 9.47 Å². The van der Waals surface area contributed by atoms with Crippen LogP contribution >= 0.6 is 0 Å². The molecule has 0 N–H and O–H groups in total. The van der Waals surface area contributed by atoms with Gasteiger partial charge in [-0.2, -0.15) is 0 Å². The van der Waals surface area contributed by atoms with E-state index in [0.717, 1.165) is 19.3 Å². The Bertz CT molecular complexity index is 339. The number of hydrogen-bond donors (Lipinski definition) is 0. The monoisotopic (exact) mass is 268 g/mol. The van der Waals surface area contributed by atoms with E-state index in [1.807, 2.05) is 6.92 Å². The van der Waals surface area contributed by atoms with Gasteiger partial charge in [0.2, 0.25) is 0 Å². The van der Waals surface area contributed by atoms with Crippen molar-refractivity contribution in [3.05, 3.63) is 0 Å². The van der Waals surface area contributed by atoms with Crippen LogP contribution in [-0.4, -0.2) is 23.8 Å². The zero-order chi connectivity index (χ0) is 14.1. The average Bonchev–Trinajstić information content (AvgIpc) is 2.99. The van der Waals surface area contributed by atoms with E-state index in [4.69, 9.17) is 9.47 Å². The zero-order valence-corrected chi connectivity index (χ0v) is 12.8. The fourth-order valence-electron chi connectivity index (χ4n) is 4.13. The second-order valence-corrected chi connectivity index (χ2v) is 6.39. The van der Waals surface area contributed by atoms with Gasteiger partial charge in [-0.15, -0.1) is 0 Å². The molecular weight excluding hydrogens is 240 g/mol. The van der Waals surface area contributed by atoms with E-state index < -0.39 is 5.60 Å². The molecule has 1 heterocycles. The van der Waals surface area contributed by atoms with Crippen molar-refractivity contribution in [2.75, 3.05) is 6.61 Å². The molecule has 3 heteroatoms. The van der Waals surface area contributed by atoms with Crippen molar-refractivity contribution in [1.29, 1.82) is 0 Å². The Kier molecular flexibility index (Phi) is 4.24. The van der Waals surface area contributed by atoms with Crippen molar-refractivity contribution in [3.63, 3.8) is 0 Å². The molecule has 1 spiro atoms. The molecule has 2 aliphatic rings. The summed E-state index contributed by atoms with van der Waals surface area (Å²) in [7, 11) is 0. The SMILES string of the molecule is CCCC1(C(=O)OCC)OC12CCCCC2C(C)C. The van der Waals surface area contributed by atoms with Crippen LogP contribution in [0.1, 0.15) is 66.2 Å². The molecule has 0 radical (unpaired) electrons. The Hall–Kier alpha value is -0.570. The normalized spacial score (nSPS) is 37.6. The van der Waals surface area contributed by atoms with Gasteiger partial charge in [-0.25, -0.2) is 4.79 Å². The topological polar surface area (TPSA) is 38.8 Å². The Labute approximate surface area is 117 Å². The number of hydrogen-bond acceptors (Lipinski definition) is 3. The maximum atomic E-state index is 12.4. The van der Waals surface area contributed by atoms with Gasteiger partial charge in [-0.1, -0.05) is 40.0 Å². The largest absolute Gasteiger partial charge is 0.464 e. The van der Waals surface area contributed by atoms with Crippen LogP contribution in [-0.2, 0) is 14.3 Å². The number of esters is 1. The third kappa shape index (κ3) is 2.20. The van der Waals surface area contributed by atoms with Gasteiger partial charge >= 0.3 is 5.97 Å². The molecule has 1 saturated carbocycles. The molecule has 19 heavy (non-hydrogen) atoms. The van der Waals surface area contributed by atoms with Crippen LogP contribution in [0.15, 0.2) is 0 Å². The summed E-state index contributed by atoms with van der Waals surface area (Å²) < 4.78 is 11.5. The first-order chi connectivity index (χ1) is 9.04. The second-order valence-electron chi connectivity index (χ2n) is 6.39. The summed E-state index contributed by atoms with van der Waals surface area (Å²) in [6.45, 7) is 8.93. The van der Waals surface area contributed by atoms with Crippen molar-refractivity contribution in [2.24, 2.45) is 11.8 Å². The molecule has 0 aromatic carbocycles. The summed E-state index contributed by atoms with van der Waals surface area (Å²) in [6.07, 6.45) is 6.41. The lowest BCUT2D eigenvalue weighted by Gasteiger charge is -2.34. The van der Waals surface area contributed by atoms with Crippen molar-refractivity contribution in [2.45, 2.75) is 77.4 Å². The quantitative estimate of drug-likeness (QED) is 0.563. The Balaban J connectivity index is 2.25. The van der Waals surface area contributed by atoms with E-state index >= 15 is 0 Å². The second kappa shape index (κ2) is 5.43. The molecule has 1 aliphatic carbocycles. The summed E-state index contributed by atoms with van der Waals surface area (Å²) in [5.41, 5.74) is -0.852. The zero-order valence-electron chi connectivity index (χ0n) is 12.8. The predicted octanol–water partition coefficient (Wildman–Crippen LogP) is 3.70. The van der Waals surface area contributed by atoms with Crippen molar-refractivity contribution < 1.29 is 14.3 Å². The molecule has 2 fully saturated rings. The van der Waals surface area contributed by atoms with Gasteiger partial charge in [0, 0.05) is 0 Å². The molecule has 0 amide bonds. The third-order valence-electron chi connectivity index (χ3n) is 4.92. The lowest BCUT2D eigenvalue weighted by molar-refractivity contribution is -0.150. The molecule has 1 aliphatic heterocycles. The Morgan fingerprint density at radius 2 is 2.11 bits per heavy atom. The van der Waals surface area contributed by atoms with Gasteiger partial charge in [0.05, 0.1) is 6.61 Å². The van der Waals surface area contributed by atoms with Crippen LogP contribution in [0.25, 0.3) is 0 Å². The Morgan fingerprint density at radius 3 is 2.68 bits per heavy atom.